The maximum atomic E-state index is 4.90. The molecule has 0 N–H and O–H groups in total. The van der Waals surface area contributed by atoms with Crippen LogP contribution in [0.4, 0.5) is 0 Å². The Morgan fingerprint density at radius 2 is 1.10 bits per heavy atom. The molecule has 2 aliphatic rings. The number of benzene rings is 5. The molecule has 186 valence electrons. The standard InChI is InChI=1S/C34H22BN5/c1-19-11-24-33-26(13-19)36-17-38(33)30-15-21(40-28-9-5-3-7-22(28)23-8-4-6-10-29(23)40)16-31-32(30)35(24)25-12-20(2)14-27-34(25)39(31)18-37-27/h3-18H,1-2H3. The molecule has 0 saturated heterocycles. The first-order valence-corrected chi connectivity index (χ1v) is 13.8. The van der Waals surface area contributed by atoms with Gasteiger partial charge < -0.3 is 4.57 Å². The van der Waals surface area contributed by atoms with Gasteiger partial charge in [0.25, 0.3) is 6.71 Å². The van der Waals surface area contributed by atoms with Gasteiger partial charge in [-0.2, -0.15) is 0 Å². The van der Waals surface area contributed by atoms with E-state index in [1.54, 1.807) is 0 Å². The Morgan fingerprint density at radius 1 is 0.600 bits per heavy atom. The lowest BCUT2D eigenvalue weighted by molar-refractivity contribution is 1.05. The molecule has 0 unspecified atom stereocenters. The summed E-state index contributed by atoms with van der Waals surface area (Å²) in [4.78, 5) is 9.80. The van der Waals surface area contributed by atoms with Gasteiger partial charge in [0.15, 0.2) is 0 Å². The quantitative estimate of drug-likeness (QED) is 0.284. The molecule has 6 heteroatoms. The molecule has 5 aromatic carbocycles. The van der Waals surface area contributed by atoms with Crippen LogP contribution in [-0.4, -0.2) is 30.4 Å². The van der Waals surface area contributed by atoms with Crippen LogP contribution in [0.2, 0.25) is 0 Å². The molecule has 3 aromatic heterocycles. The summed E-state index contributed by atoms with van der Waals surface area (Å²) in [5, 5.41) is 2.53. The van der Waals surface area contributed by atoms with E-state index >= 15 is 0 Å². The minimum Gasteiger partial charge on any atom is -0.309 e. The predicted molar refractivity (Wildman–Crippen MR) is 164 cm³/mol. The first-order chi connectivity index (χ1) is 19.7. The zero-order valence-electron chi connectivity index (χ0n) is 22.1. The average Bonchev–Trinajstić information content (AvgIpc) is 3.67. The van der Waals surface area contributed by atoms with Crippen LogP contribution in [0.1, 0.15) is 11.1 Å². The van der Waals surface area contributed by atoms with E-state index in [0.29, 0.717) is 0 Å². The van der Waals surface area contributed by atoms with Gasteiger partial charge in [0.2, 0.25) is 0 Å². The molecular weight excluding hydrogens is 489 g/mol. The first-order valence-electron chi connectivity index (χ1n) is 13.8. The molecule has 0 aliphatic carbocycles. The van der Waals surface area contributed by atoms with E-state index in [1.807, 2.05) is 12.7 Å². The zero-order chi connectivity index (χ0) is 26.3. The summed E-state index contributed by atoms with van der Waals surface area (Å²) in [5.41, 5.74) is 16.9. The van der Waals surface area contributed by atoms with E-state index < -0.39 is 0 Å². The number of aryl methyl sites for hydroxylation is 2. The Bertz CT molecular complexity index is 2260. The van der Waals surface area contributed by atoms with Crippen LogP contribution >= 0.6 is 0 Å². The van der Waals surface area contributed by atoms with Crippen LogP contribution in [0, 0.1) is 13.8 Å². The molecule has 2 aliphatic heterocycles. The fourth-order valence-electron chi connectivity index (χ4n) is 7.57. The van der Waals surface area contributed by atoms with Crippen LogP contribution in [0.5, 0.6) is 0 Å². The lowest BCUT2D eigenvalue weighted by Gasteiger charge is -2.33. The second kappa shape index (κ2) is 6.91. The van der Waals surface area contributed by atoms with Gasteiger partial charge in [-0.1, -0.05) is 48.5 Å². The average molecular weight is 511 g/mol. The summed E-state index contributed by atoms with van der Waals surface area (Å²) in [7, 11) is 0. The molecule has 0 spiro atoms. The maximum absolute atomic E-state index is 4.90. The fraction of sp³-hybridized carbons (Fsp3) is 0.0588. The molecule has 5 nitrogen and oxygen atoms in total. The first kappa shape index (κ1) is 20.8. The van der Waals surface area contributed by atoms with Crippen LogP contribution in [0.3, 0.4) is 0 Å². The number of nitrogens with zero attached hydrogens (tertiary/aromatic N) is 5. The zero-order valence-corrected chi connectivity index (χ0v) is 22.1. The molecule has 5 heterocycles. The Morgan fingerprint density at radius 3 is 1.62 bits per heavy atom. The van der Waals surface area contributed by atoms with Crippen molar-refractivity contribution in [3.8, 4) is 17.1 Å². The number of hydrogen-bond donors (Lipinski definition) is 0. The maximum Gasteiger partial charge on any atom is 0.252 e. The van der Waals surface area contributed by atoms with Crippen LogP contribution in [0.25, 0.3) is 60.9 Å². The monoisotopic (exact) mass is 511 g/mol. The number of imidazole rings is 2. The molecule has 0 atom stereocenters. The molecule has 0 amide bonds. The van der Waals surface area contributed by atoms with Crippen LogP contribution < -0.4 is 16.4 Å². The molecule has 0 saturated carbocycles. The third-order valence-corrected chi connectivity index (χ3v) is 9.02. The SMILES string of the molecule is Cc1cc2c3c(c1)ncn3-c1cc(-n3c4ccccc4c4ccccc43)cc3c1B2c1cc(C)cc2ncn-3c12. The highest BCUT2D eigenvalue weighted by molar-refractivity contribution is 7.00. The Kier molecular flexibility index (Phi) is 3.59. The number of hydrogen-bond acceptors (Lipinski definition) is 2. The van der Waals surface area contributed by atoms with E-state index in [2.05, 4.69) is 112 Å². The predicted octanol–water partition coefficient (Wildman–Crippen LogP) is 5.22. The van der Waals surface area contributed by atoms with Gasteiger partial charge in [-0.15, -0.1) is 0 Å². The molecule has 10 rings (SSSR count). The fourth-order valence-corrected chi connectivity index (χ4v) is 7.57. The van der Waals surface area contributed by atoms with Gasteiger partial charge >= 0.3 is 0 Å². The van der Waals surface area contributed by atoms with Crippen molar-refractivity contribution in [2.45, 2.75) is 13.8 Å². The van der Waals surface area contributed by atoms with Gasteiger partial charge in [0.1, 0.15) is 12.7 Å². The van der Waals surface area contributed by atoms with Crippen LogP contribution in [0.15, 0.2) is 97.6 Å². The molecular formula is C34H22BN5. The third-order valence-electron chi connectivity index (χ3n) is 9.02. The van der Waals surface area contributed by atoms with Crippen molar-refractivity contribution in [2.24, 2.45) is 0 Å². The number of fused-ring (bicyclic) bond motifs is 7. The van der Waals surface area contributed by atoms with E-state index in [0.717, 1.165) is 16.7 Å². The van der Waals surface area contributed by atoms with Crippen LogP contribution in [-0.2, 0) is 0 Å². The largest absolute Gasteiger partial charge is 0.309 e. The van der Waals surface area contributed by atoms with Crippen molar-refractivity contribution < 1.29 is 0 Å². The third kappa shape index (κ3) is 2.37. The molecule has 40 heavy (non-hydrogen) atoms. The Labute approximate surface area is 230 Å². The van der Waals surface area contributed by atoms with Crippen molar-refractivity contribution >= 4 is 67.0 Å². The summed E-state index contributed by atoms with van der Waals surface area (Å²) in [6.07, 6.45) is 4.01. The minimum atomic E-state index is 0.121. The lowest BCUT2D eigenvalue weighted by atomic mass is 9.34. The number of aromatic nitrogens is 5. The highest BCUT2D eigenvalue weighted by Crippen LogP contribution is 2.36. The van der Waals surface area contributed by atoms with Gasteiger partial charge in [-0.05, 0) is 77.8 Å². The summed E-state index contributed by atoms with van der Waals surface area (Å²) in [5.74, 6) is 0. The highest BCUT2D eigenvalue weighted by atomic mass is 15.1. The molecule has 0 fully saturated rings. The van der Waals surface area contributed by atoms with Crippen molar-refractivity contribution in [1.29, 1.82) is 0 Å². The molecule has 0 radical (unpaired) electrons. The summed E-state index contributed by atoms with van der Waals surface area (Å²) in [6, 6.07) is 31.3. The highest BCUT2D eigenvalue weighted by Gasteiger charge is 2.40. The van der Waals surface area contributed by atoms with Crippen molar-refractivity contribution in [3.63, 3.8) is 0 Å². The normalized spacial score (nSPS) is 13.2. The number of rotatable bonds is 1. The second-order valence-electron chi connectivity index (χ2n) is 11.4. The lowest BCUT2D eigenvalue weighted by Crippen LogP contribution is -2.59. The number of para-hydroxylation sites is 2. The second-order valence-corrected chi connectivity index (χ2v) is 11.4. The van der Waals surface area contributed by atoms with Crippen molar-refractivity contribution in [1.82, 2.24) is 23.7 Å². The van der Waals surface area contributed by atoms with E-state index in [1.165, 1.54) is 71.7 Å². The van der Waals surface area contributed by atoms with E-state index in [4.69, 9.17) is 9.97 Å². The van der Waals surface area contributed by atoms with Gasteiger partial charge in [0.05, 0.1) is 38.8 Å². The van der Waals surface area contributed by atoms with E-state index in [-0.39, 0.29) is 6.71 Å². The summed E-state index contributed by atoms with van der Waals surface area (Å²) >= 11 is 0. The summed E-state index contributed by atoms with van der Waals surface area (Å²) < 4.78 is 7.03. The molecule has 0 bridgehead atoms. The smallest absolute Gasteiger partial charge is 0.252 e. The summed E-state index contributed by atoms with van der Waals surface area (Å²) in [6.45, 7) is 4.47. The Balaban J connectivity index is 1.42. The minimum absolute atomic E-state index is 0.121. The van der Waals surface area contributed by atoms with Crippen molar-refractivity contribution in [2.75, 3.05) is 0 Å². The Hall–Kier alpha value is -5.10. The van der Waals surface area contributed by atoms with Gasteiger partial charge in [0, 0.05) is 22.1 Å². The van der Waals surface area contributed by atoms with E-state index in [9.17, 15) is 0 Å². The van der Waals surface area contributed by atoms with Gasteiger partial charge in [-0.25, -0.2) is 9.97 Å². The van der Waals surface area contributed by atoms with Gasteiger partial charge in [-0.3, -0.25) is 9.13 Å². The topological polar surface area (TPSA) is 40.6 Å². The molecule has 8 aromatic rings. The van der Waals surface area contributed by atoms with Crippen molar-refractivity contribution in [3.05, 3.63) is 109 Å².